The van der Waals surface area contributed by atoms with Crippen molar-refractivity contribution in [2.45, 2.75) is 13.3 Å². The first-order valence-corrected chi connectivity index (χ1v) is 7.57. The van der Waals surface area contributed by atoms with Gasteiger partial charge < -0.3 is 10.2 Å². The fraction of sp³-hybridized carbons (Fsp3) is 0.222. The lowest BCUT2D eigenvalue weighted by molar-refractivity contribution is -0.122. The summed E-state index contributed by atoms with van der Waals surface area (Å²) in [6.07, 6.45) is 0.0670. The molecule has 1 aliphatic heterocycles. The zero-order valence-corrected chi connectivity index (χ0v) is 13.1. The molecule has 24 heavy (non-hydrogen) atoms. The molecule has 0 saturated carbocycles. The van der Waals surface area contributed by atoms with E-state index in [0.717, 1.165) is 0 Å². The van der Waals surface area contributed by atoms with Crippen LogP contribution in [0.25, 0.3) is 0 Å². The summed E-state index contributed by atoms with van der Waals surface area (Å²) in [5, 5.41) is 2.64. The number of halogens is 2. The predicted octanol–water partition coefficient (Wildman–Crippen LogP) is 3.26. The Morgan fingerprint density at radius 1 is 1.17 bits per heavy atom. The van der Waals surface area contributed by atoms with Crippen LogP contribution in [0.3, 0.4) is 0 Å². The fourth-order valence-corrected chi connectivity index (χ4v) is 2.67. The van der Waals surface area contributed by atoms with Crippen LogP contribution in [-0.2, 0) is 9.59 Å². The van der Waals surface area contributed by atoms with Gasteiger partial charge in [-0.1, -0.05) is 6.07 Å². The minimum Gasteiger partial charge on any atom is -0.326 e. The van der Waals surface area contributed by atoms with Crippen molar-refractivity contribution in [2.24, 2.45) is 5.92 Å². The highest BCUT2D eigenvalue weighted by Gasteiger charge is 2.35. The van der Waals surface area contributed by atoms with Crippen LogP contribution in [0.4, 0.5) is 20.2 Å². The second-order valence-electron chi connectivity index (χ2n) is 5.84. The molecule has 1 heterocycles. The van der Waals surface area contributed by atoms with Crippen LogP contribution in [-0.4, -0.2) is 18.4 Å². The van der Waals surface area contributed by atoms with Crippen LogP contribution in [0.15, 0.2) is 42.5 Å². The maximum atomic E-state index is 13.5. The number of carbonyl (C=O) groups excluding carboxylic acids is 2. The smallest absolute Gasteiger partial charge is 0.229 e. The minimum atomic E-state index is -0.535. The molecule has 1 N–H and O–H groups in total. The van der Waals surface area contributed by atoms with Gasteiger partial charge in [-0.15, -0.1) is 0 Å². The Hall–Kier alpha value is -2.76. The highest BCUT2D eigenvalue weighted by atomic mass is 19.1. The molecule has 124 valence electrons. The van der Waals surface area contributed by atoms with Gasteiger partial charge in [0.2, 0.25) is 11.8 Å². The Bertz CT molecular complexity index is 790. The Morgan fingerprint density at radius 2 is 1.88 bits per heavy atom. The van der Waals surface area contributed by atoms with Gasteiger partial charge in [0.1, 0.15) is 11.6 Å². The van der Waals surface area contributed by atoms with Crippen molar-refractivity contribution < 1.29 is 18.4 Å². The maximum Gasteiger partial charge on any atom is 0.229 e. The lowest BCUT2D eigenvalue weighted by Gasteiger charge is -2.16. The van der Waals surface area contributed by atoms with Gasteiger partial charge in [0.25, 0.3) is 0 Å². The van der Waals surface area contributed by atoms with Gasteiger partial charge in [-0.2, -0.15) is 0 Å². The largest absolute Gasteiger partial charge is 0.326 e. The van der Waals surface area contributed by atoms with Crippen LogP contribution in [0.2, 0.25) is 0 Å². The number of rotatable bonds is 3. The second kappa shape index (κ2) is 6.39. The number of nitrogens with one attached hydrogen (secondary N) is 1. The molecule has 4 nitrogen and oxygen atoms in total. The highest BCUT2D eigenvalue weighted by Crippen LogP contribution is 2.26. The van der Waals surface area contributed by atoms with E-state index in [0.29, 0.717) is 16.9 Å². The van der Waals surface area contributed by atoms with E-state index in [2.05, 4.69) is 5.32 Å². The van der Waals surface area contributed by atoms with Crippen molar-refractivity contribution >= 4 is 23.2 Å². The first-order chi connectivity index (χ1) is 11.4. The summed E-state index contributed by atoms with van der Waals surface area (Å²) in [4.78, 5) is 25.9. The topological polar surface area (TPSA) is 49.4 Å². The summed E-state index contributed by atoms with van der Waals surface area (Å²) >= 11 is 0. The van der Waals surface area contributed by atoms with Crippen molar-refractivity contribution in [1.29, 1.82) is 0 Å². The molecule has 0 bridgehead atoms. The van der Waals surface area contributed by atoms with Gasteiger partial charge in [-0.05, 0) is 48.9 Å². The van der Waals surface area contributed by atoms with E-state index in [1.807, 2.05) is 0 Å². The van der Waals surface area contributed by atoms with Gasteiger partial charge in [0, 0.05) is 24.3 Å². The van der Waals surface area contributed by atoms with Gasteiger partial charge >= 0.3 is 0 Å². The van der Waals surface area contributed by atoms with E-state index in [1.54, 1.807) is 19.1 Å². The third kappa shape index (κ3) is 3.27. The Balaban J connectivity index is 1.69. The lowest BCUT2D eigenvalue weighted by Crippen LogP contribution is -2.28. The summed E-state index contributed by atoms with van der Waals surface area (Å²) in [5.41, 5.74) is 1.40. The Labute approximate surface area is 138 Å². The van der Waals surface area contributed by atoms with Crippen molar-refractivity contribution in [3.63, 3.8) is 0 Å². The summed E-state index contributed by atoms with van der Waals surface area (Å²) in [6.45, 7) is 1.85. The Morgan fingerprint density at radius 3 is 2.54 bits per heavy atom. The third-order valence-electron chi connectivity index (χ3n) is 4.07. The average Bonchev–Trinajstić information content (AvgIpc) is 2.94. The predicted molar refractivity (Wildman–Crippen MR) is 86.6 cm³/mol. The maximum absolute atomic E-state index is 13.5. The van der Waals surface area contributed by atoms with E-state index in [9.17, 15) is 18.4 Å². The zero-order valence-electron chi connectivity index (χ0n) is 13.1. The molecule has 1 aliphatic rings. The van der Waals surface area contributed by atoms with E-state index >= 15 is 0 Å². The minimum absolute atomic E-state index is 0.0670. The van der Waals surface area contributed by atoms with Crippen molar-refractivity contribution in [1.82, 2.24) is 0 Å². The summed E-state index contributed by atoms with van der Waals surface area (Å²) < 4.78 is 26.5. The van der Waals surface area contributed by atoms with Crippen LogP contribution in [0.5, 0.6) is 0 Å². The molecule has 0 spiro atoms. The first-order valence-electron chi connectivity index (χ1n) is 7.57. The van der Waals surface area contributed by atoms with Crippen molar-refractivity contribution in [3.05, 3.63) is 59.7 Å². The molecule has 6 heteroatoms. The number of benzene rings is 2. The standard InChI is InChI=1S/C18H16F2N2O2/c1-11-2-5-14(9-16(11)20)21-18(24)12-8-17(23)22(10-12)15-6-3-13(19)4-7-15/h2-7,9,12H,8,10H2,1H3,(H,21,24)/t12-/m1/s1. The molecule has 2 aromatic carbocycles. The molecule has 2 aromatic rings. The lowest BCUT2D eigenvalue weighted by atomic mass is 10.1. The highest BCUT2D eigenvalue weighted by molar-refractivity contribution is 6.03. The number of anilines is 2. The summed E-state index contributed by atoms with van der Waals surface area (Å²) in [5.74, 6) is -1.86. The van der Waals surface area contributed by atoms with E-state index in [4.69, 9.17) is 0 Å². The number of amides is 2. The number of hydrogen-bond donors (Lipinski definition) is 1. The van der Waals surface area contributed by atoms with Crippen LogP contribution in [0, 0.1) is 24.5 Å². The molecule has 0 radical (unpaired) electrons. The third-order valence-corrected chi connectivity index (χ3v) is 4.07. The summed E-state index contributed by atoms with van der Waals surface area (Å²) in [6, 6.07) is 9.99. The first kappa shape index (κ1) is 16.1. The van der Waals surface area contributed by atoms with E-state index in [-0.39, 0.29) is 30.6 Å². The van der Waals surface area contributed by atoms with E-state index < -0.39 is 11.7 Å². The molecule has 0 unspecified atom stereocenters. The van der Waals surface area contributed by atoms with Gasteiger partial charge in [0.15, 0.2) is 0 Å². The molecule has 2 amide bonds. The average molecular weight is 330 g/mol. The normalized spacial score (nSPS) is 17.2. The SMILES string of the molecule is Cc1ccc(NC(=O)[C@@H]2CC(=O)N(c3ccc(F)cc3)C2)cc1F. The fourth-order valence-electron chi connectivity index (χ4n) is 2.67. The van der Waals surface area contributed by atoms with Gasteiger partial charge in [0.05, 0.1) is 5.92 Å². The van der Waals surface area contributed by atoms with Crippen LogP contribution >= 0.6 is 0 Å². The van der Waals surface area contributed by atoms with Crippen LogP contribution < -0.4 is 10.2 Å². The molecule has 0 aliphatic carbocycles. The van der Waals surface area contributed by atoms with E-state index in [1.165, 1.54) is 35.2 Å². The van der Waals surface area contributed by atoms with Crippen molar-refractivity contribution in [2.75, 3.05) is 16.8 Å². The zero-order chi connectivity index (χ0) is 17.3. The second-order valence-corrected chi connectivity index (χ2v) is 5.84. The molecule has 1 saturated heterocycles. The molecule has 1 fully saturated rings. The van der Waals surface area contributed by atoms with Gasteiger partial charge in [-0.25, -0.2) is 8.78 Å². The molecule has 1 atom stereocenters. The van der Waals surface area contributed by atoms with Gasteiger partial charge in [-0.3, -0.25) is 9.59 Å². The monoisotopic (exact) mass is 330 g/mol. The van der Waals surface area contributed by atoms with Crippen LogP contribution in [0.1, 0.15) is 12.0 Å². The molecule has 0 aromatic heterocycles. The molecule has 3 rings (SSSR count). The van der Waals surface area contributed by atoms with Crippen molar-refractivity contribution in [3.8, 4) is 0 Å². The number of hydrogen-bond acceptors (Lipinski definition) is 2. The quantitative estimate of drug-likeness (QED) is 0.939. The molecular formula is C18H16F2N2O2. The number of carbonyl (C=O) groups is 2. The number of aryl methyl sites for hydroxylation is 1. The summed E-state index contributed by atoms with van der Waals surface area (Å²) in [7, 11) is 0. The number of nitrogens with zero attached hydrogens (tertiary/aromatic N) is 1. The Kier molecular flexibility index (Phi) is 4.29. The molecular weight excluding hydrogens is 314 g/mol.